The molecule has 0 spiro atoms. The Balaban J connectivity index is 1.81. The Hall–Kier alpha value is -0.930. The molecule has 1 N–H and O–H groups in total. The van der Waals surface area contributed by atoms with Gasteiger partial charge < -0.3 is 5.32 Å². The first-order valence-corrected chi connectivity index (χ1v) is 11.9. The smallest absolute Gasteiger partial charge is 0.193 e. The van der Waals surface area contributed by atoms with E-state index in [0.29, 0.717) is 11.6 Å². The van der Waals surface area contributed by atoms with Crippen LogP contribution in [0.4, 0.5) is 0 Å². The fourth-order valence-electron chi connectivity index (χ4n) is 2.74. The first-order chi connectivity index (χ1) is 11.3. The Morgan fingerprint density at radius 2 is 1.88 bits per heavy atom. The van der Waals surface area contributed by atoms with Gasteiger partial charge in [0.05, 0.1) is 16.8 Å². The quantitative estimate of drug-likeness (QED) is 0.824. The molecule has 130 valence electrons. The van der Waals surface area contributed by atoms with Crippen molar-refractivity contribution >= 4 is 42.6 Å². The summed E-state index contributed by atoms with van der Waals surface area (Å²) in [5.74, 6) is -0.513. The molecule has 5 nitrogen and oxygen atoms in total. The molecule has 2 heterocycles. The number of thiophene rings is 1. The van der Waals surface area contributed by atoms with Crippen LogP contribution in [0.2, 0.25) is 5.02 Å². The normalized spacial score (nSPS) is 23.4. The molecule has 2 unspecified atom stereocenters. The minimum Gasteiger partial charge on any atom is -0.308 e. The fourth-order valence-corrected chi connectivity index (χ4v) is 8.80. The van der Waals surface area contributed by atoms with Gasteiger partial charge in [0.2, 0.25) is 0 Å². The van der Waals surface area contributed by atoms with Gasteiger partial charge in [-0.1, -0.05) is 29.8 Å². The molecule has 0 aliphatic carbocycles. The molecule has 1 saturated heterocycles. The highest BCUT2D eigenvalue weighted by atomic mass is 35.5. The van der Waals surface area contributed by atoms with Crippen molar-refractivity contribution < 1.29 is 16.8 Å². The molecule has 0 bridgehead atoms. The minimum absolute atomic E-state index is 0.171. The summed E-state index contributed by atoms with van der Waals surface area (Å²) in [6, 6.07) is 9.66. The molecule has 1 aromatic heterocycles. The zero-order valence-electron chi connectivity index (χ0n) is 12.6. The van der Waals surface area contributed by atoms with Crippen molar-refractivity contribution in [2.75, 3.05) is 11.5 Å². The number of rotatable bonds is 5. The Morgan fingerprint density at radius 3 is 2.50 bits per heavy atom. The van der Waals surface area contributed by atoms with Crippen LogP contribution in [0.3, 0.4) is 0 Å². The van der Waals surface area contributed by atoms with Crippen molar-refractivity contribution in [3.05, 3.63) is 52.4 Å². The molecule has 1 aliphatic heterocycles. The molecular formula is C15H16ClNO4S3. The minimum atomic E-state index is -3.67. The lowest BCUT2D eigenvalue weighted by Gasteiger charge is -2.19. The predicted octanol–water partition coefficient (Wildman–Crippen LogP) is 2.13. The Bertz CT molecular complexity index is 906. The van der Waals surface area contributed by atoms with E-state index in [9.17, 15) is 16.8 Å². The first kappa shape index (κ1) is 17.9. The van der Waals surface area contributed by atoms with E-state index in [1.807, 2.05) is 12.1 Å². The third kappa shape index (κ3) is 3.83. The van der Waals surface area contributed by atoms with Crippen molar-refractivity contribution in [3.63, 3.8) is 0 Å². The summed E-state index contributed by atoms with van der Waals surface area (Å²) in [6.45, 7) is 0.383. The van der Waals surface area contributed by atoms with Crippen LogP contribution < -0.4 is 5.32 Å². The van der Waals surface area contributed by atoms with Gasteiger partial charge in [-0.05, 0) is 29.1 Å². The summed E-state index contributed by atoms with van der Waals surface area (Å²) in [5, 5.41) is 4.41. The summed E-state index contributed by atoms with van der Waals surface area (Å²) in [7, 11) is -7.06. The average molecular weight is 406 g/mol. The maximum absolute atomic E-state index is 12.7. The SMILES string of the molecule is O=S1(=O)CC(NCc2ccc(Cl)cc2)C(S(=O)(=O)c2cccs2)C1. The second kappa shape index (κ2) is 6.76. The third-order valence-electron chi connectivity index (χ3n) is 3.96. The van der Waals surface area contributed by atoms with Crippen molar-refractivity contribution in [1.29, 1.82) is 0 Å². The predicted molar refractivity (Wildman–Crippen MR) is 96.0 cm³/mol. The molecule has 1 aromatic carbocycles. The third-order valence-corrected chi connectivity index (χ3v) is 9.79. The van der Waals surface area contributed by atoms with Gasteiger partial charge in [0, 0.05) is 17.6 Å². The number of sulfone groups is 2. The van der Waals surface area contributed by atoms with Crippen LogP contribution >= 0.6 is 22.9 Å². The lowest BCUT2D eigenvalue weighted by atomic mass is 10.2. The van der Waals surface area contributed by atoms with E-state index < -0.39 is 31.0 Å². The number of halogens is 1. The van der Waals surface area contributed by atoms with E-state index in [1.54, 1.807) is 23.6 Å². The molecule has 1 fully saturated rings. The summed E-state index contributed by atoms with van der Waals surface area (Å²) in [5.41, 5.74) is 0.913. The van der Waals surface area contributed by atoms with Gasteiger partial charge in [-0.2, -0.15) is 0 Å². The molecule has 9 heteroatoms. The molecule has 1 aliphatic rings. The van der Waals surface area contributed by atoms with Crippen LogP contribution in [0.25, 0.3) is 0 Å². The van der Waals surface area contributed by atoms with Crippen LogP contribution in [-0.2, 0) is 26.2 Å². The molecule has 24 heavy (non-hydrogen) atoms. The van der Waals surface area contributed by atoms with Gasteiger partial charge in [-0.3, -0.25) is 0 Å². The lowest BCUT2D eigenvalue weighted by Crippen LogP contribution is -2.42. The van der Waals surface area contributed by atoms with Gasteiger partial charge in [0.1, 0.15) is 4.21 Å². The number of hydrogen-bond donors (Lipinski definition) is 1. The number of benzene rings is 1. The molecule has 0 radical (unpaired) electrons. The number of nitrogens with one attached hydrogen (secondary N) is 1. The van der Waals surface area contributed by atoms with Gasteiger partial charge >= 0.3 is 0 Å². The number of hydrogen-bond acceptors (Lipinski definition) is 6. The fraction of sp³-hybridized carbons (Fsp3) is 0.333. The van der Waals surface area contributed by atoms with E-state index >= 15 is 0 Å². The maximum atomic E-state index is 12.7. The van der Waals surface area contributed by atoms with Gasteiger partial charge in [-0.15, -0.1) is 11.3 Å². The van der Waals surface area contributed by atoms with Crippen molar-refractivity contribution in [2.45, 2.75) is 22.0 Å². The molecule has 2 atom stereocenters. The monoisotopic (exact) mass is 405 g/mol. The van der Waals surface area contributed by atoms with Crippen molar-refractivity contribution in [2.24, 2.45) is 0 Å². The second-order valence-electron chi connectivity index (χ2n) is 5.71. The summed E-state index contributed by atoms with van der Waals surface area (Å²) >= 11 is 6.95. The standard InChI is InChI=1S/C15H16ClNO4S3/c16-12-5-3-11(4-6-12)8-17-13-9-23(18,19)10-14(13)24(20,21)15-2-1-7-22-15/h1-7,13-14,17H,8-10H2. The van der Waals surface area contributed by atoms with Crippen LogP contribution in [0.1, 0.15) is 5.56 Å². The zero-order valence-corrected chi connectivity index (χ0v) is 15.8. The Morgan fingerprint density at radius 1 is 1.17 bits per heavy atom. The highest BCUT2D eigenvalue weighted by Crippen LogP contribution is 2.28. The lowest BCUT2D eigenvalue weighted by molar-refractivity contribution is 0.527. The highest BCUT2D eigenvalue weighted by Gasteiger charge is 2.45. The van der Waals surface area contributed by atoms with E-state index in [1.165, 1.54) is 6.07 Å². The van der Waals surface area contributed by atoms with Gasteiger partial charge in [0.25, 0.3) is 0 Å². The Labute approximate surface area is 150 Å². The summed E-state index contributed by atoms with van der Waals surface area (Å²) < 4.78 is 49.7. The van der Waals surface area contributed by atoms with E-state index in [4.69, 9.17) is 11.6 Å². The molecule has 0 saturated carbocycles. The largest absolute Gasteiger partial charge is 0.308 e. The summed E-state index contributed by atoms with van der Waals surface area (Å²) in [6.07, 6.45) is 0. The summed E-state index contributed by atoms with van der Waals surface area (Å²) in [4.78, 5) is 0. The average Bonchev–Trinajstić information content (AvgIpc) is 3.15. The van der Waals surface area contributed by atoms with Crippen LogP contribution in [-0.4, -0.2) is 39.6 Å². The molecule has 2 aromatic rings. The van der Waals surface area contributed by atoms with Gasteiger partial charge in [0.15, 0.2) is 19.7 Å². The maximum Gasteiger partial charge on any atom is 0.193 e. The molecular weight excluding hydrogens is 390 g/mol. The van der Waals surface area contributed by atoms with Crippen LogP contribution in [0.15, 0.2) is 46.0 Å². The van der Waals surface area contributed by atoms with Gasteiger partial charge in [-0.25, -0.2) is 16.8 Å². The van der Waals surface area contributed by atoms with E-state index in [-0.39, 0.29) is 15.7 Å². The van der Waals surface area contributed by atoms with Crippen LogP contribution in [0, 0.1) is 0 Å². The molecule has 0 amide bonds. The first-order valence-electron chi connectivity index (χ1n) is 7.23. The van der Waals surface area contributed by atoms with Crippen molar-refractivity contribution in [3.8, 4) is 0 Å². The zero-order chi connectivity index (χ0) is 17.4. The van der Waals surface area contributed by atoms with Crippen LogP contribution in [0.5, 0.6) is 0 Å². The van der Waals surface area contributed by atoms with E-state index in [0.717, 1.165) is 16.9 Å². The van der Waals surface area contributed by atoms with E-state index in [2.05, 4.69) is 5.32 Å². The highest BCUT2D eigenvalue weighted by molar-refractivity contribution is 7.97. The Kier molecular flexibility index (Phi) is 5.04. The topological polar surface area (TPSA) is 80.3 Å². The molecule has 3 rings (SSSR count). The second-order valence-corrected chi connectivity index (χ2v) is 11.6. The van der Waals surface area contributed by atoms with Crippen molar-refractivity contribution in [1.82, 2.24) is 5.32 Å².